The van der Waals surface area contributed by atoms with E-state index in [0.717, 1.165) is 104 Å². The third kappa shape index (κ3) is 5.90. The number of para-hydroxylation sites is 4. The van der Waals surface area contributed by atoms with Gasteiger partial charge < -0.3 is 9.13 Å². The lowest BCUT2D eigenvalue weighted by molar-refractivity contribution is 0.893. The number of rotatable bonds is 5. The first kappa shape index (κ1) is 41.1. The molecule has 0 atom stereocenters. The maximum atomic E-state index is 5.65. The second-order valence-electron chi connectivity index (χ2n) is 20.1. The number of aromatic nitrogens is 7. The average Bonchev–Trinajstić information content (AvgIpc) is 4.26. The molecule has 0 aliphatic rings. The molecule has 0 N–H and O–H groups in total. The average molecular weight is 968 g/mol. The van der Waals surface area contributed by atoms with Gasteiger partial charge in [-0.3, -0.25) is 9.13 Å². The molecule has 7 heteroatoms. The summed E-state index contributed by atoms with van der Waals surface area (Å²) in [6.07, 6.45) is 0. The van der Waals surface area contributed by atoms with Crippen molar-refractivity contribution in [1.29, 1.82) is 0 Å². The Morgan fingerprint density at radius 1 is 0.211 bits per heavy atom. The summed E-state index contributed by atoms with van der Waals surface area (Å²) in [7, 11) is 0. The van der Waals surface area contributed by atoms with E-state index >= 15 is 0 Å². The van der Waals surface area contributed by atoms with Crippen LogP contribution in [0, 0.1) is 0 Å². The molecule has 0 unspecified atom stereocenters. The molecule has 76 heavy (non-hydrogen) atoms. The molecule has 0 saturated carbocycles. The van der Waals surface area contributed by atoms with E-state index in [0.29, 0.717) is 17.7 Å². The molecule has 0 spiro atoms. The molecule has 7 nitrogen and oxygen atoms in total. The predicted molar refractivity (Wildman–Crippen MR) is 315 cm³/mol. The summed E-state index contributed by atoms with van der Waals surface area (Å²) in [5.74, 6) is 1.67. The first-order valence-corrected chi connectivity index (χ1v) is 25.8. The Morgan fingerprint density at radius 3 is 0.934 bits per heavy atom. The molecule has 352 valence electrons. The molecule has 17 rings (SSSR count). The monoisotopic (exact) mass is 967 g/mol. The number of hydrogen-bond acceptors (Lipinski definition) is 3. The molecule has 5 aromatic heterocycles. The Balaban J connectivity index is 0.954. The van der Waals surface area contributed by atoms with E-state index in [-0.39, 0.29) is 0 Å². The SMILES string of the molecule is c1ccc2cc(-c3nc(-n4c5ccccc5c5cc6c(cc54)c4ccccc4n6-c4ccc5ccccc5c4)nc(-n4c5ccccc5c5cc6c(cc54)c4ccccc4n6-c4ccc5ccccc5c4)n3)ccc2c1. The van der Waals surface area contributed by atoms with Crippen molar-refractivity contribution in [1.82, 2.24) is 33.2 Å². The summed E-state index contributed by atoms with van der Waals surface area (Å²) >= 11 is 0. The lowest BCUT2D eigenvalue weighted by Gasteiger charge is -2.13. The van der Waals surface area contributed by atoms with Gasteiger partial charge in [0, 0.05) is 60.0 Å². The highest BCUT2D eigenvalue weighted by Gasteiger charge is 2.24. The van der Waals surface area contributed by atoms with Gasteiger partial charge in [-0.1, -0.05) is 170 Å². The Morgan fingerprint density at radius 2 is 0.526 bits per heavy atom. The summed E-state index contributed by atoms with van der Waals surface area (Å²) in [5, 5.41) is 16.2. The van der Waals surface area contributed by atoms with Crippen molar-refractivity contribution < 1.29 is 0 Å². The van der Waals surface area contributed by atoms with Gasteiger partial charge in [-0.2, -0.15) is 15.0 Å². The van der Waals surface area contributed by atoms with Crippen LogP contribution in [0.25, 0.3) is 154 Å². The Labute approximate surface area is 434 Å². The normalized spacial score (nSPS) is 12.2. The van der Waals surface area contributed by atoms with E-state index in [1.807, 2.05) is 0 Å². The molecular weight excluding hydrogens is 927 g/mol. The molecule has 0 saturated heterocycles. The van der Waals surface area contributed by atoms with Gasteiger partial charge >= 0.3 is 0 Å². The fraction of sp³-hybridized carbons (Fsp3) is 0. The maximum absolute atomic E-state index is 5.65. The van der Waals surface area contributed by atoms with E-state index in [4.69, 9.17) is 15.0 Å². The van der Waals surface area contributed by atoms with Crippen LogP contribution in [0.2, 0.25) is 0 Å². The van der Waals surface area contributed by atoms with Crippen LogP contribution in [0.1, 0.15) is 0 Å². The van der Waals surface area contributed by atoms with Crippen LogP contribution in [0.15, 0.2) is 249 Å². The zero-order valence-corrected chi connectivity index (χ0v) is 40.8. The second kappa shape index (κ2) is 15.6. The van der Waals surface area contributed by atoms with Crippen LogP contribution >= 0.6 is 0 Å². The third-order valence-electron chi connectivity index (χ3n) is 15.9. The van der Waals surface area contributed by atoms with Crippen LogP contribution in [-0.4, -0.2) is 33.2 Å². The minimum absolute atomic E-state index is 0.539. The smallest absolute Gasteiger partial charge is 0.240 e. The van der Waals surface area contributed by atoms with Crippen LogP contribution < -0.4 is 0 Å². The highest BCUT2D eigenvalue weighted by molar-refractivity contribution is 6.21. The van der Waals surface area contributed by atoms with Crippen LogP contribution in [0.4, 0.5) is 0 Å². The minimum Gasteiger partial charge on any atom is -0.309 e. The molecule has 5 heterocycles. The lowest BCUT2D eigenvalue weighted by atomic mass is 10.1. The fourth-order valence-corrected chi connectivity index (χ4v) is 12.5. The van der Waals surface area contributed by atoms with Gasteiger partial charge in [-0.25, -0.2) is 0 Å². The number of hydrogen-bond donors (Lipinski definition) is 0. The van der Waals surface area contributed by atoms with Gasteiger partial charge in [0.1, 0.15) is 0 Å². The standard InChI is InChI=1S/C69H41N7/c1-4-18-45-35-48(30-29-42(45)15-1)67-70-68(75-61-27-13-9-23-53(61)57-38-63-55(40-65(57)75)51-21-7-11-25-59(51)73(63)49-33-31-43-16-2-5-19-46(43)36-49)72-69(71-67)76-62-28-14-10-24-54(62)58-39-64-56(41-66(58)76)52-22-8-12-26-60(52)74(64)50-34-32-44-17-3-6-20-47(44)37-50/h1-41H. The van der Waals surface area contributed by atoms with Crippen molar-refractivity contribution >= 4 is 120 Å². The van der Waals surface area contributed by atoms with Gasteiger partial charge in [0.25, 0.3) is 0 Å². The van der Waals surface area contributed by atoms with Crippen LogP contribution in [-0.2, 0) is 0 Å². The van der Waals surface area contributed by atoms with Crippen molar-refractivity contribution in [3.63, 3.8) is 0 Å². The summed E-state index contributed by atoms with van der Waals surface area (Å²) in [4.78, 5) is 16.7. The lowest BCUT2D eigenvalue weighted by Crippen LogP contribution is -2.10. The van der Waals surface area contributed by atoms with Crippen molar-refractivity contribution in [3.8, 4) is 34.7 Å². The van der Waals surface area contributed by atoms with E-state index in [2.05, 4.69) is 267 Å². The van der Waals surface area contributed by atoms with Crippen LogP contribution in [0.5, 0.6) is 0 Å². The van der Waals surface area contributed by atoms with Crippen molar-refractivity contribution in [2.24, 2.45) is 0 Å². The molecule has 0 aliphatic heterocycles. The number of benzene rings is 12. The highest BCUT2D eigenvalue weighted by Crippen LogP contribution is 2.43. The topological polar surface area (TPSA) is 58.4 Å². The van der Waals surface area contributed by atoms with Crippen LogP contribution in [0.3, 0.4) is 0 Å². The first-order valence-electron chi connectivity index (χ1n) is 25.8. The number of nitrogens with zero attached hydrogens (tertiary/aromatic N) is 7. The zero-order chi connectivity index (χ0) is 49.6. The Bertz CT molecular complexity index is 5030. The van der Waals surface area contributed by atoms with E-state index in [1.165, 1.54) is 32.3 Å². The van der Waals surface area contributed by atoms with Gasteiger partial charge in [0.15, 0.2) is 5.82 Å². The van der Waals surface area contributed by atoms with E-state index in [1.54, 1.807) is 0 Å². The molecular formula is C69H41N7. The van der Waals surface area contributed by atoms with Gasteiger partial charge in [0.2, 0.25) is 11.9 Å². The summed E-state index contributed by atoms with van der Waals surface area (Å²) in [5.41, 5.74) is 11.8. The molecule has 0 aliphatic carbocycles. The maximum Gasteiger partial charge on any atom is 0.240 e. The van der Waals surface area contributed by atoms with E-state index < -0.39 is 0 Å². The Kier molecular flexibility index (Phi) is 8.43. The third-order valence-corrected chi connectivity index (χ3v) is 15.9. The largest absolute Gasteiger partial charge is 0.309 e. The summed E-state index contributed by atoms with van der Waals surface area (Å²) in [6.45, 7) is 0. The summed E-state index contributed by atoms with van der Waals surface area (Å²) in [6, 6.07) is 89.9. The van der Waals surface area contributed by atoms with Crippen molar-refractivity contribution in [3.05, 3.63) is 249 Å². The first-order chi connectivity index (χ1) is 37.7. The van der Waals surface area contributed by atoms with E-state index in [9.17, 15) is 0 Å². The summed E-state index contributed by atoms with van der Waals surface area (Å²) < 4.78 is 9.34. The van der Waals surface area contributed by atoms with Gasteiger partial charge in [-0.15, -0.1) is 0 Å². The quantitative estimate of drug-likeness (QED) is 0.173. The number of fused-ring (bicyclic) bond motifs is 15. The van der Waals surface area contributed by atoms with Gasteiger partial charge in [0.05, 0.1) is 44.1 Å². The zero-order valence-electron chi connectivity index (χ0n) is 40.8. The highest BCUT2D eigenvalue weighted by atomic mass is 15.3. The predicted octanol–water partition coefficient (Wildman–Crippen LogP) is 17.4. The van der Waals surface area contributed by atoms with Crippen molar-refractivity contribution in [2.45, 2.75) is 0 Å². The van der Waals surface area contributed by atoms with Crippen molar-refractivity contribution in [2.75, 3.05) is 0 Å². The minimum atomic E-state index is 0.539. The molecule has 17 aromatic rings. The molecule has 0 amide bonds. The van der Waals surface area contributed by atoms with Gasteiger partial charge in [-0.05, 0) is 111 Å². The fourth-order valence-electron chi connectivity index (χ4n) is 12.5. The Hall–Kier alpha value is -10.4. The molecule has 0 bridgehead atoms. The molecule has 0 radical (unpaired) electrons. The molecule has 12 aromatic carbocycles. The molecule has 0 fully saturated rings. The second-order valence-corrected chi connectivity index (χ2v) is 20.1.